The zero-order valence-corrected chi connectivity index (χ0v) is 20.1. The molecule has 0 radical (unpaired) electrons. The second-order valence-electron chi connectivity index (χ2n) is 8.04. The molecular formula is C24H27ClN4O2S. The molecule has 1 aromatic heterocycles. The van der Waals surface area contributed by atoms with Crippen LogP contribution in [0.1, 0.15) is 33.1 Å². The summed E-state index contributed by atoms with van der Waals surface area (Å²) in [4.78, 5) is 15.1. The summed E-state index contributed by atoms with van der Waals surface area (Å²) in [7, 11) is 1.64. The van der Waals surface area contributed by atoms with Crippen molar-refractivity contribution in [3.05, 3.63) is 53.6 Å². The molecule has 3 aromatic rings. The normalized spacial score (nSPS) is 18.6. The molecule has 2 atom stereocenters. The lowest BCUT2D eigenvalue weighted by atomic mass is 9.98. The first-order valence-corrected chi connectivity index (χ1v) is 12.1. The van der Waals surface area contributed by atoms with Gasteiger partial charge in [-0.25, -0.2) is 0 Å². The fourth-order valence-electron chi connectivity index (χ4n) is 4.30. The Morgan fingerprint density at radius 2 is 1.78 bits per heavy atom. The Hall–Kier alpha value is -2.51. The number of aromatic nitrogens is 3. The average Bonchev–Trinajstić information content (AvgIpc) is 3.21. The smallest absolute Gasteiger partial charge is 0.233 e. The topological polar surface area (TPSA) is 60.3 Å². The van der Waals surface area contributed by atoms with Crippen molar-refractivity contribution in [2.75, 3.05) is 12.9 Å². The Morgan fingerprint density at radius 3 is 2.47 bits per heavy atom. The van der Waals surface area contributed by atoms with E-state index in [1.54, 1.807) is 7.11 Å². The SMILES string of the molecule is COc1ccccc1-c1nnc(SCC(=O)N2[C@H](C)CCC[C@@H]2C)n1-c1ccc(Cl)cc1. The number of piperidine rings is 1. The zero-order chi connectivity index (χ0) is 22.7. The van der Waals surface area contributed by atoms with Gasteiger partial charge in [0, 0.05) is 22.8 Å². The third kappa shape index (κ3) is 4.64. The van der Waals surface area contributed by atoms with E-state index in [1.165, 1.54) is 18.2 Å². The molecule has 6 nitrogen and oxygen atoms in total. The maximum Gasteiger partial charge on any atom is 0.233 e. The van der Waals surface area contributed by atoms with E-state index >= 15 is 0 Å². The van der Waals surface area contributed by atoms with Crippen molar-refractivity contribution in [1.29, 1.82) is 0 Å². The van der Waals surface area contributed by atoms with Crippen molar-refractivity contribution in [3.63, 3.8) is 0 Å². The first-order chi connectivity index (χ1) is 15.5. The molecule has 1 saturated heterocycles. The van der Waals surface area contributed by atoms with E-state index in [2.05, 4.69) is 24.0 Å². The number of carbonyl (C=O) groups excluding carboxylic acids is 1. The number of carbonyl (C=O) groups is 1. The summed E-state index contributed by atoms with van der Waals surface area (Å²) in [5, 5.41) is 10.2. The molecule has 0 saturated carbocycles. The first kappa shape index (κ1) is 22.7. The van der Waals surface area contributed by atoms with Crippen LogP contribution < -0.4 is 4.74 Å². The van der Waals surface area contributed by atoms with Gasteiger partial charge < -0.3 is 9.64 Å². The Labute approximate surface area is 197 Å². The number of para-hydroxylation sites is 1. The molecule has 1 amide bonds. The minimum Gasteiger partial charge on any atom is -0.496 e. The van der Waals surface area contributed by atoms with Crippen molar-refractivity contribution < 1.29 is 9.53 Å². The zero-order valence-electron chi connectivity index (χ0n) is 18.5. The number of hydrogen-bond donors (Lipinski definition) is 0. The number of rotatable bonds is 6. The largest absolute Gasteiger partial charge is 0.496 e. The highest BCUT2D eigenvalue weighted by Gasteiger charge is 2.29. The van der Waals surface area contributed by atoms with Crippen molar-refractivity contribution in [1.82, 2.24) is 19.7 Å². The maximum atomic E-state index is 13.1. The molecule has 0 spiro atoms. The molecule has 0 N–H and O–H groups in total. The standard InChI is InChI=1S/C24H27ClN4O2S/c1-16-7-6-8-17(2)28(16)22(30)15-32-24-27-26-23(20-9-4-5-10-21(20)31-3)29(24)19-13-11-18(25)12-14-19/h4-5,9-14,16-17H,6-8,15H2,1-3H3/t16-,17+. The van der Waals surface area contributed by atoms with E-state index < -0.39 is 0 Å². The molecule has 8 heteroatoms. The van der Waals surface area contributed by atoms with Gasteiger partial charge in [0.05, 0.1) is 18.4 Å². The van der Waals surface area contributed by atoms with Crippen LogP contribution in [0.5, 0.6) is 5.75 Å². The number of hydrogen-bond acceptors (Lipinski definition) is 5. The van der Waals surface area contributed by atoms with Crippen molar-refractivity contribution in [2.45, 2.75) is 50.4 Å². The first-order valence-electron chi connectivity index (χ1n) is 10.8. The molecular weight excluding hydrogens is 444 g/mol. The van der Waals surface area contributed by atoms with Crippen LogP contribution in [0.3, 0.4) is 0 Å². The molecule has 4 rings (SSSR count). The quantitative estimate of drug-likeness (QED) is 0.446. The Bertz CT molecular complexity index is 1080. The monoisotopic (exact) mass is 470 g/mol. The molecule has 32 heavy (non-hydrogen) atoms. The van der Waals surface area contributed by atoms with E-state index in [0.29, 0.717) is 27.5 Å². The number of benzene rings is 2. The van der Waals surface area contributed by atoms with Crippen molar-refractivity contribution in [3.8, 4) is 22.8 Å². The van der Waals surface area contributed by atoms with E-state index in [-0.39, 0.29) is 18.0 Å². The third-order valence-corrected chi connectivity index (χ3v) is 7.04. The number of nitrogens with zero attached hydrogens (tertiary/aromatic N) is 4. The maximum absolute atomic E-state index is 13.1. The van der Waals surface area contributed by atoms with Gasteiger partial charge in [0.1, 0.15) is 5.75 Å². The predicted octanol–water partition coefficient (Wildman–Crippen LogP) is 5.48. The van der Waals surface area contributed by atoms with Gasteiger partial charge in [-0.05, 0) is 69.5 Å². The second kappa shape index (κ2) is 9.96. The molecule has 1 fully saturated rings. The van der Waals surface area contributed by atoms with Gasteiger partial charge in [-0.1, -0.05) is 35.5 Å². The van der Waals surface area contributed by atoms with Gasteiger partial charge in [0.2, 0.25) is 5.91 Å². The Morgan fingerprint density at radius 1 is 1.09 bits per heavy atom. The molecule has 0 unspecified atom stereocenters. The summed E-state index contributed by atoms with van der Waals surface area (Å²) in [5.74, 6) is 1.81. The van der Waals surface area contributed by atoms with Crippen LogP contribution in [0.4, 0.5) is 0 Å². The lowest BCUT2D eigenvalue weighted by Gasteiger charge is -2.39. The van der Waals surface area contributed by atoms with Crippen LogP contribution in [0.25, 0.3) is 17.1 Å². The number of likely N-dealkylation sites (tertiary alicyclic amines) is 1. The van der Waals surface area contributed by atoms with Gasteiger partial charge in [-0.15, -0.1) is 10.2 Å². The van der Waals surface area contributed by atoms with Crippen molar-refractivity contribution in [2.24, 2.45) is 0 Å². The minimum atomic E-state index is 0.138. The fraction of sp³-hybridized carbons (Fsp3) is 0.375. The van der Waals surface area contributed by atoms with Gasteiger partial charge in [-0.2, -0.15) is 0 Å². The van der Waals surface area contributed by atoms with Gasteiger partial charge >= 0.3 is 0 Å². The van der Waals surface area contributed by atoms with E-state index in [1.807, 2.05) is 58.0 Å². The van der Waals surface area contributed by atoms with E-state index in [0.717, 1.165) is 24.1 Å². The highest BCUT2D eigenvalue weighted by atomic mass is 35.5. The predicted molar refractivity (Wildman–Crippen MR) is 129 cm³/mol. The summed E-state index contributed by atoms with van der Waals surface area (Å²) in [6.07, 6.45) is 3.28. The molecule has 168 valence electrons. The Kier molecular flexibility index (Phi) is 7.06. The fourth-order valence-corrected chi connectivity index (χ4v) is 5.25. The molecule has 0 aliphatic carbocycles. The number of amides is 1. The number of thioether (sulfide) groups is 1. The number of methoxy groups -OCH3 is 1. The molecule has 1 aliphatic rings. The van der Waals surface area contributed by atoms with Crippen LogP contribution in [-0.4, -0.2) is 50.5 Å². The summed E-state index contributed by atoms with van der Waals surface area (Å²) in [6, 6.07) is 15.7. The van der Waals surface area contributed by atoms with Gasteiger partial charge in [-0.3, -0.25) is 9.36 Å². The average molecular weight is 471 g/mol. The minimum absolute atomic E-state index is 0.138. The summed E-state index contributed by atoms with van der Waals surface area (Å²) >= 11 is 7.52. The van der Waals surface area contributed by atoms with Crippen LogP contribution in [-0.2, 0) is 4.79 Å². The number of ether oxygens (including phenoxy) is 1. The summed E-state index contributed by atoms with van der Waals surface area (Å²) in [6.45, 7) is 4.27. The van der Waals surface area contributed by atoms with Gasteiger partial charge in [0.15, 0.2) is 11.0 Å². The van der Waals surface area contributed by atoms with Crippen LogP contribution in [0.15, 0.2) is 53.7 Å². The lowest BCUT2D eigenvalue weighted by molar-refractivity contribution is -0.134. The molecule has 2 heterocycles. The Balaban J connectivity index is 1.67. The molecule has 0 bridgehead atoms. The van der Waals surface area contributed by atoms with Gasteiger partial charge in [0.25, 0.3) is 0 Å². The third-order valence-electron chi connectivity index (χ3n) is 5.87. The van der Waals surface area contributed by atoms with E-state index in [4.69, 9.17) is 16.3 Å². The van der Waals surface area contributed by atoms with Crippen LogP contribution >= 0.6 is 23.4 Å². The molecule has 1 aliphatic heterocycles. The summed E-state index contributed by atoms with van der Waals surface area (Å²) in [5.41, 5.74) is 1.70. The van der Waals surface area contributed by atoms with Crippen LogP contribution in [0, 0.1) is 0 Å². The lowest BCUT2D eigenvalue weighted by Crippen LogP contribution is -2.48. The number of halogens is 1. The summed E-state index contributed by atoms with van der Waals surface area (Å²) < 4.78 is 7.50. The highest BCUT2D eigenvalue weighted by Crippen LogP contribution is 2.34. The van der Waals surface area contributed by atoms with E-state index in [9.17, 15) is 4.79 Å². The molecule has 2 aromatic carbocycles. The van der Waals surface area contributed by atoms with Crippen molar-refractivity contribution >= 4 is 29.3 Å². The second-order valence-corrected chi connectivity index (χ2v) is 9.42. The van der Waals surface area contributed by atoms with Crippen LogP contribution in [0.2, 0.25) is 5.02 Å². The highest BCUT2D eigenvalue weighted by molar-refractivity contribution is 7.99.